The van der Waals surface area contributed by atoms with Gasteiger partial charge in [-0.15, -0.1) is 0 Å². The summed E-state index contributed by atoms with van der Waals surface area (Å²) in [6.45, 7) is -0.424. The van der Waals surface area contributed by atoms with Crippen LogP contribution >= 0.6 is 0 Å². The van der Waals surface area contributed by atoms with Crippen molar-refractivity contribution in [1.82, 2.24) is 0 Å². The molecule has 0 aliphatic heterocycles. The molecule has 0 spiro atoms. The fourth-order valence-corrected chi connectivity index (χ4v) is 3.30. The normalized spacial score (nSPS) is 11.0. The van der Waals surface area contributed by atoms with E-state index in [-0.39, 0.29) is 16.2 Å². The van der Waals surface area contributed by atoms with E-state index in [1.807, 2.05) is 42.5 Å². The number of Topliss-reactive ketones (excluding diaryl/α,β-unsaturated/α-hetero) is 1. The van der Waals surface area contributed by atoms with Crippen LogP contribution in [0.15, 0.2) is 83.8 Å². The van der Waals surface area contributed by atoms with Crippen molar-refractivity contribution in [2.75, 3.05) is 12.9 Å². The summed E-state index contributed by atoms with van der Waals surface area (Å²) in [5, 5.41) is 0. The summed E-state index contributed by atoms with van der Waals surface area (Å²) in [5.41, 5.74) is 2.53. The van der Waals surface area contributed by atoms with Gasteiger partial charge in [0.25, 0.3) is 0 Å². The highest BCUT2D eigenvalue weighted by Crippen LogP contribution is 2.19. The molecular formula is C22H18O5S. The van der Waals surface area contributed by atoms with E-state index in [1.54, 1.807) is 12.1 Å². The molecule has 3 aromatic rings. The number of hydrogen-bond acceptors (Lipinski definition) is 5. The maximum Gasteiger partial charge on any atom is 0.338 e. The van der Waals surface area contributed by atoms with Gasteiger partial charge < -0.3 is 4.74 Å². The maximum absolute atomic E-state index is 12.3. The molecule has 5 nitrogen and oxygen atoms in total. The second-order valence-corrected chi connectivity index (χ2v) is 8.26. The molecule has 0 unspecified atom stereocenters. The Morgan fingerprint density at radius 3 is 2.07 bits per heavy atom. The van der Waals surface area contributed by atoms with Gasteiger partial charge >= 0.3 is 5.97 Å². The Kier molecular flexibility index (Phi) is 5.70. The Bertz CT molecular complexity index is 1100. The molecule has 0 aromatic heterocycles. The van der Waals surface area contributed by atoms with Crippen LogP contribution in [-0.2, 0) is 14.6 Å². The van der Waals surface area contributed by atoms with Gasteiger partial charge in [-0.3, -0.25) is 4.79 Å². The quantitative estimate of drug-likeness (QED) is 0.469. The molecule has 0 saturated heterocycles. The van der Waals surface area contributed by atoms with E-state index in [4.69, 9.17) is 4.74 Å². The average Bonchev–Trinajstić information content (AvgIpc) is 2.72. The summed E-state index contributed by atoms with van der Waals surface area (Å²) in [6, 6.07) is 22.3. The lowest BCUT2D eigenvalue weighted by Gasteiger charge is -2.07. The highest BCUT2D eigenvalue weighted by molar-refractivity contribution is 7.90. The minimum Gasteiger partial charge on any atom is -0.454 e. The van der Waals surface area contributed by atoms with E-state index in [0.717, 1.165) is 17.4 Å². The lowest BCUT2D eigenvalue weighted by atomic mass is 10.0. The van der Waals surface area contributed by atoms with E-state index in [9.17, 15) is 18.0 Å². The maximum atomic E-state index is 12.3. The van der Waals surface area contributed by atoms with Crippen LogP contribution in [0.4, 0.5) is 0 Å². The summed E-state index contributed by atoms with van der Waals surface area (Å²) in [6.07, 6.45) is 1.06. The van der Waals surface area contributed by atoms with Gasteiger partial charge in [-0.2, -0.15) is 0 Å². The van der Waals surface area contributed by atoms with E-state index in [1.165, 1.54) is 24.3 Å². The van der Waals surface area contributed by atoms with Gasteiger partial charge in [-0.05, 0) is 29.3 Å². The Hall–Kier alpha value is -3.25. The monoisotopic (exact) mass is 394 g/mol. The van der Waals surface area contributed by atoms with E-state index < -0.39 is 22.4 Å². The predicted octanol–water partition coefficient (Wildman–Crippen LogP) is 3.80. The molecule has 3 aromatic carbocycles. The molecule has 0 aliphatic carbocycles. The summed E-state index contributed by atoms with van der Waals surface area (Å²) < 4.78 is 28.2. The average molecular weight is 394 g/mol. The van der Waals surface area contributed by atoms with Crippen LogP contribution in [0.5, 0.6) is 0 Å². The van der Waals surface area contributed by atoms with Gasteiger partial charge in [0, 0.05) is 11.8 Å². The number of esters is 1. The van der Waals surface area contributed by atoms with Crippen LogP contribution in [-0.4, -0.2) is 33.0 Å². The van der Waals surface area contributed by atoms with Crippen LogP contribution < -0.4 is 0 Å². The largest absolute Gasteiger partial charge is 0.454 e. The molecule has 0 saturated carbocycles. The Morgan fingerprint density at radius 1 is 0.786 bits per heavy atom. The van der Waals surface area contributed by atoms with Crippen LogP contribution in [0.3, 0.4) is 0 Å². The number of hydrogen-bond donors (Lipinski definition) is 0. The number of benzene rings is 3. The minimum absolute atomic E-state index is 0.0183. The van der Waals surface area contributed by atoms with Gasteiger partial charge in [0.2, 0.25) is 0 Å². The predicted molar refractivity (Wildman–Crippen MR) is 106 cm³/mol. The first kappa shape index (κ1) is 19.5. The molecule has 0 heterocycles. The summed E-state index contributed by atoms with van der Waals surface area (Å²) in [7, 11) is -3.43. The molecule has 0 bridgehead atoms. The van der Waals surface area contributed by atoms with Crippen LogP contribution in [0.1, 0.15) is 20.7 Å². The van der Waals surface area contributed by atoms with E-state index in [0.29, 0.717) is 5.56 Å². The summed E-state index contributed by atoms with van der Waals surface area (Å²) in [4.78, 5) is 24.4. The van der Waals surface area contributed by atoms with Gasteiger partial charge in [-0.1, -0.05) is 60.7 Å². The SMILES string of the molecule is CS(=O)(=O)c1cccc(C(=O)OCC(=O)c2ccc(-c3ccccc3)cc2)c1. The fourth-order valence-electron chi connectivity index (χ4n) is 2.63. The van der Waals surface area contributed by atoms with Crippen molar-refractivity contribution in [2.24, 2.45) is 0 Å². The third-order valence-corrected chi connectivity index (χ3v) is 5.26. The lowest BCUT2D eigenvalue weighted by Crippen LogP contribution is -2.14. The van der Waals surface area contributed by atoms with Crippen molar-refractivity contribution in [3.63, 3.8) is 0 Å². The van der Waals surface area contributed by atoms with E-state index in [2.05, 4.69) is 0 Å². The lowest BCUT2D eigenvalue weighted by molar-refractivity contribution is 0.0474. The number of rotatable bonds is 6. The first-order valence-corrected chi connectivity index (χ1v) is 10.4. The fraction of sp³-hybridized carbons (Fsp3) is 0.0909. The molecule has 0 aliphatic rings. The zero-order valence-electron chi connectivity index (χ0n) is 15.2. The molecule has 3 rings (SSSR count). The molecule has 6 heteroatoms. The number of ether oxygens (including phenoxy) is 1. The zero-order chi connectivity index (χ0) is 20.1. The molecule has 0 radical (unpaired) electrons. The Morgan fingerprint density at radius 2 is 1.43 bits per heavy atom. The molecule has 0 N–H and O–H groups in total. The van der Waals surface area contributed by atoms with Crippen LogP contribution in [0, 0.1) is 0 Å². The molecule has 0 fully saturated rings. The van der Waals surface area contributed by atoms with Gasteiger partial charge in [-0.25, -0.2) is 13.2 Å². The Balaban J connectivity index is 1.65. The highest BCUT2D eigenvalue weighted by Gasteiger charge is 2.15. The molecular weight excluding hydrogens is 376 g/mol. The van der Waals surface area contributed by atoms with Crippen molar-refractivity contribution >= 4 is 21.6 Å². The second-order valence-electron chi connectivity index (χ2n) is 6.24. The van der Waals surface area contributed by atoms with Crippen molar-refractivity contribution in [1.29, 1.82) is 0 Å². The number of carbonyl (C=O) groups is 2. The van der Waals surface area contributed by atoms with Crippen molar-refractivity contribution in [2.45, 2.75) is 4.90 Å². The van der Waals surface area contributed by atoms with Crippen molar-refractivity contribution < 1.29 is 22.7 Å². The van der Waals surface area contributed by atoms with Crippen LogP contribution in [0.2, 0.25) is 0 Å². The summed E-state index contributed by atoms with van der Waals surface area (Å²) >= 11 is 0. The molecule has 0 amide bonds. The Labute approximate surface area is 163 Å². The topological polar surface area (TPSA) is 77.5 Å². The third-order valence-electron chi connectivity index (χ3n) is 4.15. The smallest absolute Gasteiger partial charge is 0.338 e. The number of ketones is 1. The number of sulfone groups is 1. The van der Waals surface area contributed by atoms with E-state index >= 15 is 0 Å². The van der Waals surface area contributed by atoms with Gasteiger partial charge in [0.1, 0.15) is 0 Å². The molecule has 28 heavy (non-hydrogen) atoms. The van der Waals surface area contributed by atoms with Crippen LogP contribution in [0.25, 0.3) is 11.1 Å². The summed E-state index contributed by atoms with van der Waals surface area (Å²) in [5.74, 6) is -1.09. The van der Waals surface area contributed by atoms with Gasteiger partial charge in [0.05, 0.1) is 10.5 Å². The highest BCUT2D eigenvalue weighted by atomic mass is 32.2. The third kappa shape index (κ3) is 4.72. The van der Waals surface area contributed by atoms with Crippen molar-refractivity contribution in [3.8, 4) is 11.1 Å². The standard InChI is InChI=1S/C22H18O5S/c1-28(25,26)20-9-5-8-19(14-20)22(24)27-15-21(23)18-12-10-17(11-13-18)16-6-3-2-4-7-16/h2-14H,15H2,1H3. The first-order chi connectivity index (χ1) is 13.3. The zero-order valence-corrected chi connectivity index (χ0v) is 16.0. The molecule has 0 atom stereocenters. The van der Waals surface area contributed by atoms with Gasteiger partial charge in [0.15, 0.2) is 22.2 Å². The molecule has 142 valence electrons. The second kappa shape index (κ2) is 8.19. The minimum atomic E-state index is -3.43. The number of carbonyl (C=O) groups excluding carboxylic acids is 2. The first-order valence-electron chi connectivity index (χ1n) is 8.50. The van der Waals surface area contributed by atoms with Crippen molar-refractivity contribution in [3.05, 3.63) is 90.0 Å².